The van der Waals surface area contributed by atoms with Gasteiger partial charge >= 0.3 is 5.97 Å². The van der Waals surface area contributed by atoms with Crippen LogP contribution in [-0.2, 0) is 6.54 Å². The summed E-state index contributed by atoms with van der Waals surface area (Å²) < 4.78 is 1.10. The molecule has 7 nitrogen and oxygen atoms in total. The quantitative estimate of drug-likeness (QED) is 0.773. The highest BCUT2D eigenvalue weighted by Crippen LogP contribution is 2.00. The van der Waals surface area contributed by atoms with E-state index in [9.17, 15) is 14.4 Å². The molecule has 2 aromatic heterocycles. The second kappa shape index (κ2) is 4.66. The number of carbonyl (C=O) groups is 1. The summed E-state index contributed by atoms with van der Waals surface area (Å²) in [6.45, 7) is 0.0782. The van der Waals surface area contributed by atoms with Crippen LogP contribution in [0.1, 0.15) is 16.1 Å². The second-order valence-corrected chi connectivity index (χ2v) is 3.58. The number of nitrogens with one attached hydrogen (secondary N) is 1. The van der Waals surface area contributed by atoms with Gasteiger partial charge in [-0.05, 0) is 12.1 Å². The van der Waals surface area contributed by atoms with Gasteiger partial charge in [0, 0.05) is 18.3 Å². The molecule has 92 valence electrons. The summed E-state index contributed by atoms with van der Waals surface area (Å²) in [5, 5.41) is 11.1. The monoisotopic (exact) mass is 247 g/mol. The van der Waals surface area contributed by atoms with Crippen LogP contribution < -0.4 is 11.1 Å². The number of aromatic carboxylic acids is 1. The molecule has 0 atom stereocenters. The van der Waals surface area contributed by atoms with Crippen molar-refractivity contribution in [1.82, 2.24) is 14.8 Å². The number of aromatic nitrogens is 3. The molecule has 0 aromatic carbocycles. The molecule has 0 saturated carbocycles. The predicted octanol–water partition coefficient (Wildman–Crippen LogP) is -0.322. The molecule has 0 saturated heterocycles. The summed E-state index contributed by atoms with van der Waals surface area (Å²) in [5.74, 6) is -1.07. The average molecular weight is 247 g/mol. The fourth-order valence-corrected chi connectivity index (χ4v) is 1.39. The van der Waals surface area contributed by atoms with E-state index in [1.165, 1.54) is 18.3 Å². The van der Waals surface area contributed by atoms with Gasteiger partial charge in [0.25, 0.3) is 11.1 Å². The number of hydrogen-bond donors (Lipinski definition) is 2. The molecule has 0 aliphatic carbocycles. The Bertz CT molecular complexity index is 684. The first-order valence-electron chi connectivity index (χ1n) is 5.04. The third-order valence-electron chi connectivity index (χ3n) is 2.28. The lowest BCUT2D eigenvalue weighted by Gasteiger charge is -2.04. The molecule has 0 radical (unpaired) electrons. The molecular weight excluding hydrogens is 238 g/mol. The van der Waals surface area contributed by atoms with Gasteiger partial charge in [-0.15, -0.1) is 0 Å². The van der Waals surface area contributed by atoms with Crippen LogP contribution in [0.2, 0.25) is 0 Å². The van der Waals surface area contributed by atoms with E-state index in [0.717, 1.165) is 16.8 Å². The lowest BCUT2D eigenvalue weighted by atomic mass is 10.2. The lowest BCUT2D eigenvalue weighted by Crippen LogP contribution is -2.28. The van der Waals surface area contributed by atoms with Crippen molar-refractivity contribution < 1.29 is 9.90 Å². The van der Waals surface area contributed by atoms with Gasteiger partial charge in [0.05, 0.1) is 17.8 Å². The second-order valence-electron chi connectivity index (χ2n) is 3.58. The fourth-order valence-electron chi connectivity index (χ4n) is 1.39. The zero-order chi connectivity index (χ0) is 13.1. The number of H-pyrrole nitrogens is 1. The summed E-state index contributed by atoms with van der Waals surface area (Å²) in [7, 11) is 0. The predicted molar refractivity (Wildman–Crippen MR) is 61.6 cm³/mol. The maximum Gasteiger partial charge on any atom is 0.337 e. The van der Waals surface area contributed by atoms with E-state index >= 15 is 0 Å². The Balaban J connectivity index is 2.29. The van der Waals surface area contributed by atoms with E-state index in [1.54, 1.807) is 0 Å². The number of nitrogens with zero attached hydrogens (tertiary/aromatic N) is 2. The summed E-state index contributed by atoms with van der Waals surface area (Å²) in [5.41, 5.74) is -0.216. The van der Waals surface area contributed by atoms with Gasteiger partial charge in [0.15, 0.2) is 0 Å². The largest absolute Gasteiger partial charge is 0.478 e. The van der Waals surface area contributed by atoms with Crippen LogP contribution in [0.5, 0.6) is 0 Å². The molecular formula is C11H9N3O4. The fraction of sp³-hybridized carbons (Fsp3) is 0.0909. The number of rotatable bonds is 3. The first-order valence-corrected chi connectivity index (χ1v) is 5.04. The molecule has 2 rings (SSSR count). The van der Waals surface area contributed by atoms with Crippen LogP contribution in [0, 0.1) is 0 Å². The van der Waals surface area contributed by atoms with Gasteiger partial charge in [-0.2, -0.15) is 0 Å². The van der Waals surface area contributed by atoms with E-state index < -0.39 is 11.5 Å². The molecule has 0 bridgehead atoms. The maximum atomic E-state index is 11.4. The highest BCUT2D eigenvalue weighted by molar-refractivity contribution is 5.87. The molecule has 0 amide bonds. The maximum absolute atomic E-state index is 11.4. The highest BCUT2D eigenvalue weighted by Gasteiger charge is 2.04. The minimum Gasteiger partial charge on any atom is -0.478 e. The third kappa shape index (κ3) is 2.51. The van der Waals surface area contributed by atoms with Crippen molar-refractivity contribution in [3.63, 3.8) is 0 Å². The molecule has 2 heterocycles. The van der Waals surface area contributed by atoms with E-state index in [-0.39, 0.29) is 17.7 Å². The molecule has 7 heteroatoms. The van der Waals surface area contributed by atoms with Crippen LogP contribution in [0.25, 0.3) is 0 Å². The third-order valence-corrected chi connectivity index (χ3v) is 2.28. The zero-order valence-corrected chi connectivity index (χ0v) is 9.16. The number of pyridine rings is 1. The summed E-state index contributed by atoms with van der Waals surface area (Å²) in [6.07, 6.45) is 1.20. The van der Waals surface area contributed by atoms with Crippen molar-refractivity contribution in [2.75, 3.05) is 0 Å². The van der Waals surface area contributed by atoms with E-state index in [0.29, 0.717) is 5.69 Å². The Morgan fingerprint density at radius 2 is 2.06 bits per heavy atom. The van der Waals surface area contributed by atoms with Crippen LogP contribution in [0.4, 0.5) is 0 Å². The number of carboxylic acid groups (broad SMARTS) is 1. The highest BCUT2D eigenvalue weighted by atomic mass is 16.4. The number of carboxylic acids is 1. The minimum absolute atomic E-state index is 0.0626. The van der Waals surface area contributed by atoms with E-state index in [2.05, 4.69) is 10.1 Å². The topological polar surface area (TPSA) is 105 Å². The Morgan fingerprint density at radius 3 is 2.67 bits per heavy atom. The van der Waals surface area contributed by atoms with Gasteiger partial charge < -0.3 is 5.11 Å². The van der Waals surface area contributed by atoms with Crippen molar-refractivity contribution in [1.29, 1.82) is 0 Å². The molecule has 0 fully saturated rings. The molecule has 2 aromatic rings. The molecule has 0 spiro atoms. The summed E-state index contributed by atoms with van der Waals surface area (Å²) in [4.78, 5) is 37.0. The van der Waals surface area contributed by atoms with Gasteiger partial charge in [0.2, 0.25) is 0 Å². The first-order chi connectivity index (χ1) is 8.56. The van der Waals surface area contributed by atoms with Gasteiger partial charge in [-0.1, -0.05) is 0 Å². The van der Waals surface area contributed by atoms with Crippen molar-refractivity contribution in [2.24, 2.45) is 0 Å². The van der Waals surface area contributed by atoms with Crippen LogP contribution in [0.15, 0.2) is 40.1 Å². The Labute approximate surface area is 100 Å². The Hall–Kier alpha value is -2.70. The molecule has 18 heavy (non-hydrogen) atoms. The normalized spacial score (nSPS) is 10.2. The van der Waals surface area contributed by atoms with Crippen molar-refractivity contribution >= 4 is 5.97 Å². The van der Waals surface area contributed by atoms with Crippen molar-refractivity contribution in [3.05, 3.63) is 62.4 Å². The van der Waals surface area contributed by atoms with Crippen molar-refractivity contribution in [3.8, 4) is 0 Å². The Kier molecular flexibility index (Phi) is 3.05. The van der Waals surface area contributed by atoms with Crippen LogP contribution >= 0.6 is 0 Å². The van der Waals surface area contributed by atoms with E-state index in [4.69, 9.17) is 5.11 Å². The average Bonchev–Trinajstić information content (AvgIpc) is 2.34. The minimum atomic E-state index is -1.07. The number of aromatic amines is 1. The Morgan fingerprint density at radius 1 is 1.28 bits per heavy atom. The zero-order valence-electron chi connectivity index (χ0n) is 9.16. The van der Waals surface area contributed by atoms with Gasteiger partial charge in [0.1, 0.15) is 0 Å². The van der Waals surface area contributed by atoms with Crippen molar-refractivity contribution in [2.45, 2.75) is 6.54 Å². The standard InChI is InChI=1S/C11H9N3O4/c15-9-3-4-10(16)14(13-9)6-8-2-1-7(5-12-8)11(17)18/h1-5H,6H2,(H,13,15)(H,17,18). The van der Waals surface area contributed by atoms with Gasteiger partial charge in [-0.3, -0.25) is 19.7 Å². The molecule has 2 N–H and O–H groups in total. The molecule has 0 aliphatic heterocycles. The van der Waals surface area contributed by atoms with Crippen LogP contribution in [0.3, 0.4) is 0 Å². The van der Waals surface area contributed by atoms with E-state index in [1.807, 2.05) is 0 Å². The lowest BCUT2D eigenvalue weighted by molar-refractivity contribution is 0.0696. The first kappa shape index (κ1) is 11.8. The smallest absolute Gasteiger partial charge is 0.337 e. The number of hydrogen-bond acceptors (Lipinski definition) is 4. The summed E-state index contributed by atoms with van der Waals surface area (Å²) in [6, 6.07) is 5.17. The SMILES string of the molecule is O=C(O)c1ccc(Cn2[nH]c(=O)ccc2=O)nc1. The van der Waals surface area contributed by atoms with Crippen LogP contribution in [-0.4, -0.2) is 25.8 Å². The molecule has 0 unspecified atom stereocenters. The van der Waals surface area contributed by atoms with Gasteiger partial charge in [-0.25, -0.2) is 9.48 Å². The summed E-state index contributed by atoms with van der Waals surface area (Å²) >= 11 is 0. The molecule has 0 aliphatic rings.